The third-order valence-electron chi connectivity index (χ3n) is 3.64. The molecule has 0 atom stereocenters. The fraction of sp³-hybridized carbons (Fsp3) is 0.100. The molecule has 0 spiro atoms. The highest BCUT2D eigenvalue weighted by Crippen LogP contribution is 2.24. The van der Waals surface area contributed by atoms with Crippen LogP contribution >= 0.6 is 11.8 Å². The SMILES string of the molecule is c1ccc(-c2nc(CSCc3coc(-c4ccccc4)n3)co2)cc1. The molecular formula is C20H16N2O2S. The lowest BCUT2D eigenvalue weighted by molar-refractivity contribution is 0.573. The van der Waals surface area contributed by atoms with Gasteiger partial charge in [-0.2, -0.15) is 0 Å². The van der Waals surface area contributed by atoms with Gasteiger partial charge in [0.2, 0.25) is 11.8 Å². The minimum absolute atomic E-state index is 0.656. The molecular weight excluding hydrogens is 332 g/mol. The first-order valence-corrected chi connectivity index (χ1v) is 9.11. The van der Waals surface area contributed by atoms with Gasteiger partial charge in [-0.25, -0.2) is 9.97 Å². The normalized spacial score (nSPS) is 10.9. The standard InChI is InChI=1S/C20H16N2O2S/c1-3-7-15(8-4-1)19-21-17(11-23-19)13-25-14-18-12-24-20(22-18)16-9-5-2-6-10-16/h1-12H,13-14H2. The van der Waals surface area contributed by atoms with Crippen LogP contribution in [0.3, 0.4) is 0 Å². The van der Waals surface area contributed by atoms with E-state index in [0.717, 1.165) is 34.0 Å². The van der Waals surface area contributed by atoms with Gasteiger partial charge in [0, 0.05) is 22.6 Å². The third-order valence-corrected chi connectivity index (χ3v) is 4.64. The Kier molecular flexibility index (Phi) is 4.65. The van der Waals surface area contributed by atoms with Crippen molar-refractivity contribution in [3.63, 3.8) is 0 Å². The van der Waals surface area contributed by atoms with E-state index in [-0.39, 0.29) is 0 Å². The average molecular weight is 348 g/mol. The minimum atomic E-state index is 0.656. The molecule has 2 heterocycles. The second kappa shape index (κ2) is 7.40. The van der Waals surface area contributed by atoms with Crippen LogP contribution in [-0.2, 0) is 11.5 Å². The molecule has 2 aromatic carbocycles. The smallest absolute Gasteiger partial charge is 0.226 e. The van der Waals surface area contributed by atoms with Crippen molar-refractivity contribution in [1.82, 2.24) is 9.97 Å². The zero-order chi connectivity index (χ0) is 16.9. The van der Waals surface area contributed by atoms with E-state index in [1.807, 2.05) is 60.7 Å². The van der Waals surface area contributed by atoms with E-state index in [1.54, 1.807) is 24.3 Å². The molecule has 0 N–H and O–H groups in total. The van der Waals surface area contributed by atoms with Crippen LogP contribution in [0.2, 0.25) is 0 Å². The first kappa shape index (κ1) is 15.7. The number of hydrogen-bond donors (Lipinski definition) is 0. The predicted molar refractivity (Wildman–Crippen MR) is 98.9 cm³/mol. The van der Waals surface area contributed by atoms with Gasteiger partial charge in [0.05, 0.1) is 11.4 Å². The van der Waals surface area contributed by atoms with E-state index >= 15 is 0 Å². The Hall–Kier alpha value is -2.79. The Bertz CT molecular complexity index is 855. The van der Waals surface area contributed by atoms with Gasteiger partial charge in [-0.3, -0.25) is 0 Å². The van der Waals surface area contributed by atoms with E-state index in [9.17, 15) is 0 Å². The summed E-state index contributed by atoms with van der Waals surface area (Å²) in [5.41, 5.74) is 3.83. The van der Waals surface area contributed by atoms with Crippen molar-refractivity contribution in [2.24, 2.45) is 0 Å². The fourth-order valence-electron chi connectivity index (χ4n) is 2.43. The van der Waals surface area contributed by atoms with Crippen molar-refractivity contribution in [1.29, 1.82) is 0 Å². The summed E-state index contributed by atoms with van der Waals surface area (Å²) in [5.74, 6) is 2.85. The second-order valence-electron chi connectivity index (χ2n) is 5.51. The number of thioether (sulfide) groups is 1. The fourth-order valence-corrected chi connectivity index (χ4v) is 3.22. The van der Waals surface area contributed by atoms with E-state index < -0.39 is 0 Å². The van der Waals surface area contributed by atoms with Crippen LogP contribution in [0.1, 0.15) is 11.4 Å². The van der Waals surface area contributed by atoms with Gasteiger partial charge in [-0.15, -0.1) is 11.8 Å². The topological polar surface area (TPSA) is 52.1 Å². The van der Waals surface area contributed by atoms with Gasteiger partial charge in [0.25, 0.3) is 0 Å². The maximum atomic E-state index is 5.56. The van der Waals surface area contributed by atoms with Crippen LogP contribution < -0.4 is 0 Å². The quantitative estimate of drug-likeness (QED) is 0.465. The van der Waals surface area contributed by atoms with Gasteiger partial charge >= 0.3 is 0 Å². The van der Waals surface area contributed by atoms with Gasteiger partial charge in [-0.1, -0.05) is 36.4 Å². The highest BCUT2D eigenvalue weighted by Gasteiger charge is 2.09. The molecule has 0 aliphatic carbocycles. The molecule has 4 aromatic rings. The number of hydrogen-bond acceptors (Lipinski definition) is 5. The molecule has 0 fully saturated rings. The van der Waals surface area contributed by atoms with Crippen LogP contribution in [-0.4, -0.2) is 9.97 Å². The summed E-state index contributed by atoms with van der Waals surface area (Å²) >= 11 is 1.73. The van der Waals surface area contributed by atoms with Crippen molar-refractivity contribution >= 4 is 11.8 Å². The molecule has 0 bridgehead atoms. The van der Waals surface area contributed by atoms with Crippen LogP contribution in [0.25, 0.3) is 22.9 Å². The highest BCUT2D eigenvalue weighted by atomic mass is 32.2. The molecule has 0 amide bonds. The molecule has 4 nitrogen and oxygen atoms in total. The molecule has 0 saturated heterocycles. The van der Waals surface area contributed by atoms with Crippen molar-refractivity contribution in [2.75, 3.05) is 0 Å². The van der Waals surface area contributed by atoms with E-state index in [2.05, 4.69) is 9.97 Å². The molecule has 0 saturated carbocycles. The Morgan fingerprint density at radius 1 is 0.640 bits per heavy atom. The monoisotopic (exact) mass is 348 g/mol. The Morgan fingerprint density at radius 3 is 1.52 bits per heavy atom. The lowest BCUT2D eigenvalue weighted by Gasteiger charge is -1.95. The minimum Gasteiger partial charge on any atom is -0.444 e. The predicted octanol–water partition coefficient (Wildman–Crippen LogP) is 5.43. The lowest BCUT2D eigenvalue weighted by Crippen LogP contribution is -1.85. The van der Waals surface area contributed by atoms with Crippen LogP contribution in [0, 0.1) is 0 Å². The summed E-state index contributed by atoms with van der Waals surface area (Å²) < 4.78 is 11.1. The number of oxazole rings is 2. The summed E-state index contributed by atoms with van der Waals surface area (Å²) in [6, 6.07) is 19.8. The first-order chi connectivity index (χ1) is 12.4. The molecule has 5 heteroatoms. The zero-order valence-electron chi connectivity index (χ0n) is 13.5. The molecule has 124 valence electrons. The lowest BCUT2D eigenvalue weighted by atomic mass is 10.2. The molecule has 0 aliphatic heterocycles. The Morgan fingerprint density at radius 2 is 1.08 bits per heavy atom. The first-order valence-electron chi connectivity index (χ1n) is 7.96. The van der Waals surface area contributed by atoms with Gasteiger partial charge < -0.3 is 8.83 Å². The summed E-state index contributed by atoms with van der Waals surface area (Å²) in [5, 5.41) is 0. The summed E-state index contributed by atoms with van der Waals surface area (Å²) in [4.78, 5) is 9.07. The summed E-state index contributed by atoms with van der Waals surface area (Å²) in [6.45, 7) is 0. The highest BCUT2D eigenvalue weighted by molar-refractivity contribution is 7.97. The maximum Gasteiger partial charge on any atom is 0.226 e. The molecule has 4 rings (SSSR count). The van der Waals surface area contributed by atoms with E-state index in [1.165, 1.54) is 0 Å². The molecule has 25 heavy (non-hydrogen) atoms. The van der Waals surface area contributed by atoms with Crippen LogP contribution in [0.5, 0.6) is 0 Å². The van der Waals surface area contributed by atoms with Crippen molar-refractivity contribution in [3.05, 3.63) is 84.6 Å². The Balaban J connectivity index is 1.34. The van der Waals surface area contributed by atoms with Gasteiger partial charge in [0.15, 0.2) is 0 Å². The van der Waals surface area contributed by atoms with Gasteiger partial charge in [-0.05, 0) is 24.3 Å². The largest absolute Gasteiger partial charge is 0.444 e. The summed E-state index contributed by atoms with van der Waals surface area (Å²) in [7, 11) is 0. The zero-order valence-corrected chi connectivity index (χ0v) is 14.3. The maximum absolute atomic E-state index is 5.56. The molecule has 2 aromatic heterocycles. The molecule has 0 aliphatic rings. The van der Waals surface area contributed by atoms with Crippen molar-refractivity contribution in [3.8, 4) is 22.9 Å². The van der Waals surface area contributed by atoms with Crippen molar-refractivity contribution < 1.29 is 8.83 Å². The number of rotatable bonds is 6. The summed E-state index contributed by atoms with van der Waals surface area (Å²) in [6.07, 6.45) is 3.43. The van der Waals surface area contributed by atoms with Gasteiger partial charge in [0.1, 0.15) is 12.5 Å². The number of aromatic nitrogens is 2. The third kappa shape index (κ3) is 3.83. The van der Waals surface area contributed by atoms with Crippen molar-refractivity contribution in [2.45, 2.75) is 11.5 Å². The van der Waals surface area contributed by atoms with E-state index in [0.29, 0.717) is 11.8 Å². The van der Waals surface area contributed by atoms with E-state index in [4.69, 9.17) is 8.83 Å². The average Bonchev–Trinajstić information content (AvgIpc) is 3.33. The molecule has 0 radical (unpaired) electrons. The van der Waals surface area contributed by atoms with Crippen LogP contribution in [0.15, 0.2) is 82.0 Å². The Labute approximate surface area is 149 Å². The van der Waals surface area contributed by atoms with Crippen LogP contribution in [0.4, 0.5) is 0 Å². The second-order valence-corrected chi connectivity index (χ2v) is 6.50. The molecule has 0 unspecified atom stereocenters. The number of nitrogens with zero attached hydrogens (tertiary/aromatic N) is 2. The number of benzene rings is 2.